The molecule has 2 aliphatic rings. The number of fused-ring (bicyclic) bond motifs is 2. The second-order valence-electron chi connectivity index (χ2n) is 6.25. The number of amides is 2. The standard InChI is InChI=1S/C19H20N2O5/c22-16-15(21-19(23)20-12-7-3-1-4-8-12)14-11-24-18(26-14)17(16)25-13-9-5-2-6-10-13/h1-10,14-18,22H,11H2,(H2,20,21,23)/t14-,15-,16+,17-,18-/m1/s1. The highest BCUT2D eigenvalue weighted by Crippen LogP contribution is 2.31. The van der Waals surface area contributed by atoms with E-state index in [9.17, 15) is 9.90 Å². The Hall–Kier alpha value is -2.61. The van der Waals surface area contributed by atoms with Gasteiger partial charge in [-0.2, -0.15) is 0 Å². The Morgan fingerprint density at radius 1 is 1.08 bits per heavy atom. The quantitative estimate of drug-likeness (QED) is 0.777. The lowest BCUT2D eigenvalue weighted by atomic mass is 9.98. The number of urea groups is 1. The van der Waals surface area contributed by atoms with Gasteiger partial charge in [0.15, 0.2) is 12.4 Å². The molecule has 0 radical (unpaired) electrons. The smallest absolute Gasteiger partial charge is 0.319 e. The molecule has 136 valence electrons. The number of nitrogens with one attached hydrogen (secondary N) is 2. The molecule has 2 aliphatic heterocycles. The molecule has 0 spiro atoms. The van der Waals surface area contributed by atoms with Gasteiger partial charge < -0.3 is 30.0 Å². The third kappa shape index (κ3) is 3.50. The third-order valence-electron chi connectivity index (χ3n) is 4.45. The van der Waals surface area contributed by atoms with E-state index >= 15 is 0 Å². The van der Waals surface area contributed by atoms with Gasteiger partial charge in [-0.05, 0) is 24.3 Å². The average Bonchev–Trinajstić information content (AvgIpc) is 3.10. The number of aliphatic hydroxyl groups is 1. The van der Waals surface area contributed by atoms with Crippen LogP contribution < -0.4 is 15.4 Å². The van der Waals surface area contributed by atoms with Gasteiger partial charge in [0, 0.05) is 5.69 Å². The number of carbonyl (C=O) groups excluding carboxylic acids is 1. The van der Waals surface area contributed by atoms with Crippen molar-refractivity contribution >= 4 is 11.7 Å². The van der Waals surface area contributed by atoms with E-state index in [1.807, 2.05) is 36.4 Å². The van der Waals surface area contributed by atoms with Crippen molar-refractivity contribution in [2.45, 2.75) is 30.6 Å². The number of ether oxygens (including phenoxy) is 3. The van der Waals surface area contributed by atoms with E-state index in [4.69, 9.17) is 14.2 Å². The number of aliphatic hydroxyl groups excluding tert-OH is 1. The molecule has 2 heterocycles. The maximum atomic E-state index is 12.3. The molecule has 2 bridgehead atoms. The zero-order chi connectivity index (χ0) is 17.9. The summed E-state index contributed by atoms with van der Waals surface area (Å²) < 4.78 is 17.2. The predicted molar refractivity (Wildman–Crippen MR) is 93.9 cm³/mol. The normalized spacial score (nSPS) is 29.8. The lowest BCUT2D eigenvalue weighted by Crippen LogP contribution is -2.62. The van der Waals surface area contributed by atoms with Crippen molar-refractivity contribution < 1.29 is 24.1 Å². The predicted octanol–water partition coefficient (Wildman–Crippen LogP) is 1.74. The van der Waals surface area contributed by atoms with Crippen molar-refractivity contribution in [1.82, 2.24) is 5.32 Å². The molecule has 2 saturated heterocycles. The van der Waals surface area contributed by atoms with E-state index in [2.05, 4.69) is 10.6 Å². The van der Waals surface area contributed by atoms with Crippen LogP contribution in [0.1, 0.15) is 0 Å². The van der Waals surface area contributed by atoms with Crippen molar-refractivity contribution in [3.8, 4) is 5.75 Å². The molecule has 2 aromatic rings. The Morgan fingerprint density at radius 2 is 1.77 bits per heavy atom. The lowest BCUT2D eigenvalue weighted by molar-refractivity contribution is -0.192. The summed E-state index contributed by atoms with van der Waals surface area (Å²) in [6.45, 7) is 0.284. The second-order valence-corrected chi connectivity index (χ2v) is 6.25. The molecule has 5 atom stereocenters. The highest BCUT2D eigenvalue weighted by molar-refractivity contribution is 5.89. The fourth-order valence-electron chi connectivity index (χ4n) is 3.19. The zero-order valence-corrected chi connectivity index (χ0v) is 13.9. The zero-order valence-electron chi connectivity index (χ0n) is 13.9. The number of para-hydroxylation sites is 2. The second kappa shape index (κ2) is 7.33. The van der Waals surface area contributed by atoms with Gasteiger partial charge in [0.1, 0.15) is 18.0 Å². The fraction of sp³-hybridized carbons (Fsp3) is 0.316. The van der Waals surface area contributed by atoms with Gasteiger partial charge in [0.25, 0.3) is 0 Å². The van der Waals surface area contributed by atoms with Gasteiger partial charge in [-0.15, -0.1) is 0 Å². The minimum Gasteiger partial charge on any atom is -0.482 e. The molecule has 7 nitrogen and oxygen atoms in total. The SMILES string of the molecule is O=C(Nc1ccccc1)N[C@H]1[C@H](O)[C@@H](Oc2ccccc2)[C@@H]2OC[C@H]1O2. The van der Waals surface area contributed by atoms with Crippen molar-refractivity contribution in [1.29, 1.82) is 0 Å². The van der Waals surface area contributed by atoms with Gasteiger partial charge in [-0.1, -0.05) is 36.4 Å². The van der Waals surface area contributed by atoms with Gasteiger partial charge in [-0.3, -0.25) is 0 Å². The largest absolute Gasteiger partial charge is 0.482 e. The highest BCUT2D eigenvalue weighted by atomic mass is 16.7. The summed E-state index contributed by atoms with van der Waals surface area (Å²) in [5.74, 6) is 0.599. The summed E-state index contributed by atoms with van der Waals surface area (Å²) in [6, 6.07) is 17.1. The minimum atomic E-state index is -0.969. The molecule has 2 fully saturated rings. The van der Waals surface area contributed by atoms with Crippen molar-refractivity contribution in [3.63, 3.8) is 0 Å². The van der Waals surface area contributed by atoms with Gasteiger partial charge in [0.05, 0.1) is 12.6 Å². The summed E-state index contributed by atoms with van der Waals surface area (Å²) in [5.41, 5.74) is 0.661. The molecule has 0 aliphatic carbocycles. The summed E-state index contributed by atoms with van der Waals surface area (Å²) >= 11 is 0. The highest BCUT2D eigenvalue weighted by Gasteiger charge is 2.52. The van der Waals surface area contributed by atoms with Crippen molar-refractivity contribution in [2.75, 3.05) is 11.9 Å². The molecule has 0 aromatic heterocycles. The van der Waals surface area contributed by atoms with Crippen LogP contribution in [0.15, 0.2) is 60.7 Å². The molecule has 26 heavy (non-hydrogen) atoms. The maximum absolute atomic E-state index is 12.3. The van der Waals surface area contributed by atoms with Gasteiger partial charge >= 0.3 is 6.03 Å². The van der Waals surface area contributed by atoms with E-state index in [-0.39, 0.29) is 6.61 Å². The number of benzene rings is 2. The monoisotopic (exact) mass is 356 g/mol. The van der Waals surface area contributed by atoms with Crippen molar-refractivity contribution in [3.05, 3.63) is 60.7 Å². The molecule has 2 aromatic carbocycles. The first-order valence-corrected chi connectivity index (χ1v) is 8.50. The van der Waals surface area contributed by atoms with Crippen LogP contribution >= 0.6 is 0 Å². The molecule has 4 rings (SSSR count). The topological polar surface area (TPSA) is 89.1 Å². The average molecular weight is 356 g/mol. The Bertz CT molecular complexity index is 742. The van der Waals surface area contributed by atoms with Crippen LogP contribution in [0.2, 0.25) is 0 Å². The van der Waals surface area contributed by atoms with Crippen LogP contribution in [-0.2, 0) is 9.47 Å². The molecule has 3 N–H and O–H groups in total. The Labute approximate surface area is 150 Å². The first kappa shape index (κ1) is 16.8. The Kier molecular flexibility index (Phi) is 4.75. The summed E-state index contributed by atoms with van der Waals surface area (Å²) in [6.07, 6.45) is -2.79. The van der Waals surface area contributed by atoms with E-state index in [0.29, 0.717) is 11.4 Å². The summed E-state index contributed by atoms with van der Waals surface area (Å²) in [5, 5.41) is 16.3. The van der Waals surface area contributed by atoms with Crippen LogP contribution in [0.3, 0.4) is 0 Å². The molecular weight excluding hydrogens is 336 g/mol. The maximum Gasteiger partial charge on any atom is 0.319 e. The summed E-state index contributed by atoms with van der Waals surface area (Å²) in [4.78, 5) is 12.3. The first-order chi connectivity index (χ1) is 12.7. The van der Waals surface area contributed by atoms with E-state index in [1.54, 1.807) is 24.3 Å². The Morgan fingerprint density at radius 3 is 2.50 bits per heavy atom. The van der Waals surface area contributed by atoms with Crippen LogP contribution in [0.5, 0.6) is 5.75 Å². The lowest BCUT2D eigenvalue weighted by Gasteiger charge is -2.38. The number of anilines is 1. The third-order valence-corrected chi connectivity index (χ3v) is 4.45. The number of carbonyl (C=O) groups is 1. The first-order valence-electron chi connectivity index (χ1n) is 8.50. The minimum absolute atomic E-state index is 0.284. The number of hydrogen-bond acceptors (Lipinski definition) is 5. The van der Waals surface area contributed by atoms with E-state index < -0.39 is 36.7 Å². The van der Waals surface area contributed by atoms with Crippen LogP contribution in [-0.4, -0.2) is 48.4 Å². The fourth-order valence-corrected chi connectivity index (χ4v) is 3.19. The molecule has 0 saturated carbocycles. The number of rotatable bonds is 4. The van der Waals surface area contributed by atoms with E-state index in [0.717, 1.165) is 0 Å². The summed E-state index contributed by atoms with van der Waals surface area (Å²) in [7, 11) is 0. The van der Waals surface area contributed by atoms with Crippen LogP contribution in [0.25, 0.3) is 0 Å². The van der Waals surface area contributed by atoms with Crippen LogP contribution in [0.4, 0.5) is 10.5 Å². The van der Waals surface area contributed by atoms with Crippen LogP contribution in [0, 0.1) is 0 Å². The van der Waals surface area contributed by atoms with E-state index in [1.165, 1.54) is 0 Å². The molecule has 7 heteroatoms. The molecule has 2 amide bonds. The van der Waals surface area contributed by atoms with Gasteiger partial charge in [0.2, 0.25) is 0 Å². The molecular formula is C19H20N2O5. The Balaban J connectivity index is 1.44. The van der Waals surface area contributed by atoms with Crippen molar-refractivity contribution in [2.24, 2.45) is 0 Å². The van der Waals surface area contributed by atoms with Gasteiger partial charge in [-0.25, -0.2) is 4.79 Å². The number of hydrogen-bond donors (Lipinski definition) is 3. The molecule has 0 unspecified atom stereocenters.